The van der Waals surface area contributed by atoms with Crippen molar-refractivity contribution in [3.05, 3.63) is 0 Å². The molecule has 0 aliphatic heterocycles. The lowest BCUT2D eigenvalue weighted by Gasteiger charge is -2.29. The van der Waals surface area contributed by atoms with Crippen LogP contribution in [0.15, 0.2) is 0 Å². The van der Waals surface area contributed by atoms with Crippen LogP contribution in [0.2, 0.25) is 0 Å². The van der Waals surface area contributed by atoms with Gasteiger partial charge < -0.3 is 10.5 Å². The second-order valence-corrected chi connectivity index (χ2v) is 3.76. The van der Waals surface area contributed by atoms with E-state index in [1.54, 1.807) is 0 Å². The second-order valence-electron chi connectivity index (χ2n) is 3.76. The number of esters is 1. The van der Waals surface area contributed by atoms with Crippen molar-refractivity contribution >= 4 is 5.97 Å². The van der Waals surface area contributed by atoms with E-state index < -0.39 is 0 Å². The average Bonchev–Trinajstić information content (AvgIpc) is 2.02. The van der Waals surface area contributed by atoms with E-state index in [2.05, 4.69) is 4.74 Å². The van der Waals surface area contributed by atoms with Crippen LogP contribution in [-0.2, 0) is 9.53 Å². The number of methoxy groups -OCH3 is 1. The highest BCUT2D eigenvalue weighted by Crippen LogP contribution is 2.25. The first-order chi connectivity index (χ1) is 5.44. The average molecular weight is 173 g/mol. The van der Waals surface area contributed by atoms with Crippen LogP contribution < -0.4 is 5.73 Å². The standard InChI is InChI=1S/C9H19NO2/c1-5-7(10)9(2,3)6-8(11)12-4/h7H,5-6,10H2,1-4H3. The van der Waals surface area contributed by atoms with Gasteiger partial charge in [0.25, 0.3) is 0 Å². The predicted molar refractivity (Wildman–Crippen MR) is 48.7 cm³/mol. The number of carbonyl (C=O) groups is 1. The third-order valence-electron chi connectivity index (χ3n) is 2.27. The molecule has 0 aromatic rings. The summed E-state index contributed by atoms with van der Waals surface area (Å²) in [4.78, 5) is 11.0. The Hall–Kier alpha value is -0.570. The van der Waals surface area contributed by atoms with Gasteiger partial charge in [0.05, 0.1) is 13.5 Å². The molecule has 0 aliphatic carbocycles. The normalized spacial score (nSPS) is 14.1. The van der Waals surface area contributed by atoms with Crippen LogP contribution in [0.1, 0.15) is 33.6 Å². The SMILES string of the molecule is CCC(N)C(C)(C)CC(=O)OC. The molecule has 3 heteroatoms. The summed E-state index contributed by atoms with van der Waals surface area (Å²) < 4.78 is 4.59. The summed E-state index contributed by atoms with van der Waals surface area (Å²) in [7, 11) is 1.40. The first kappa shape index (κ1) is 11.4. The number of nitrogens with two attached hydrogens (primary N) is 1. The minimum absolute atomic E-state index is 0.0524. The highest BCUT2D eigenvalue weighted by molar-refractivity contribution is 5.70. The molecule has 12 heavy (non-hydrogen) atoms. The lowest BCUT2D eigenvalue weighted by molar-refractivity contribution is -0.143. The molecule has 3 nitrogen and oxygen atoms in total. The van der Waals surface area contributed by atoms with Crippen molar-refractivity contribution in [3.63, 3.8) is 0 Å². The Morgan fingerprint density at radius 2 is 2.08 bits per heavy atom. The van der Waals surface area contributed by atoms with E-state index in [1.807, 2.05) is 20.8 Å². The lowest BCUT2D eigenvalue weighted by atomic mass is 9.80. The van der Waals surface area contributed by atoms with Crippen LogP contribution in [0.5, 0.6) is 0 Å². The Kier molecular flexibility index (Phi) is 4.24. The van der Waals surface area contributed by atoms with E-state index in [0.717, 1.165) is 6.42 Å². The van der Waals surface area contributed by atoms with Crippen LogP contribution in [0.25, 0.3) is 0 Å². The van der Waals surface area contributed by atoms with E-state index in [1.165, 1.54) is 7.11 Å². The van der Waals surface area contributed by atoms with Crippen molar-refractivity contribution in [2.24, 2.45) is 11.1 Å². The second kappa shape index (κ2) is 4.45. The first-order valence-corrected chi connectivity index (χ1v) is 4.26. The molecule has 1 atom stereocenters. The molecule has 0 spiro atoms. The summed E-state index contributed by atoms with van der Waals surface area (Å²) in [5.74, 6) is -0.191. The summed E-state index contributed by atoms with van der Waals surface area (Å²) in [5, 5.41) is 0. The predicted octanol–water partition coefficient (Wildman–Crippen LogP) is 1.31. The minimum atomic E-state index is -0.191. The molecule has 0 aliphatic rings. The number of rotatable bonds is 4. The molecule has 0 aromatic carbocycles. The largest absolute Gasteiger partial charge is 0.469 e. The van der Waals surface area contributed by atoms with Crippen molar-refractivity contribution in [2.45, 2.75) is 39.7 Å². The summed E-state index contributed by atoms with van der Waals surface area (Å²) in [6.45, 7) is 5.99. The maximum Gasteiger partial charge on any atom is 0.306 e. The summed E-state index contributed by atoms with van der Waals surface area (Å²) in [6.07, 6.45) is 1.27. The topological polar surface area (TPSA) is 52.3 Å². The zero-order chi connectivity index (χ0) is 9.78. The minimum Gasteiger partial charge on any atom is -0.469 e. The molecule has 0 saturated heterocycles. The van der Waals surface area contributed by atoms with Gasteiger partial charge in [0.1, 0.15) is 0 Å². The molecule has 0 amide bonds. The van der Waals surface area contributed by atoms with Crippen molar-refractivity contribution in [2.75, 3.05) is 7.11 Å². The molecule has 1 unspecified atom stereocenters. The van der Waals surface area contributed by atoms with Crippen LogP contribution in [0.3, 0.4) is 0 Å². The van der Waals surface area contributed by atoms with Gasteiger partial charge in [-0.2, -0.15) is 0 Å². The van der Waals surface area contributed by atoms with Gasteiger partial charge in [-0.1, -0.05) is 20.8 Å². The van der Waals surface area contributed by atoms with Crippen molar-refractivity contribution < 1.29 is 9.53 Å². The molecule has 0 bridgehead atoms. The Balaban J connectivity index is 4.11. The third-order valence-corrected chi connectivity index (χ3v) is 2.27. The molecule has 0 fully saturated rings. The molecule has 72 valence electrons. The lowest BCUT2D eigenvalue weighted by Crippen LogP contribution is -2.38. The zero-order valence-electron chi connectivity index (χ0n) is 8.39. The highest BCUT2D eigenvalue weighted by atomic mass is 16.5. The smallest absolute Gasteiger partial charge is 0.306 e. The van der Waals surface area contributed by atoms with E-state index in [9.17, 15) is 4.79 Å². The Morgan fingerprint density at radius 1 is 1.58 bits per heavy atom. The summed E-state index contributed by atoms with van der Waals surface area (Å²) >= 11 is 0. The van der Waals surface area contributed by atoms with Gasteiger partial charge in [-0.15, -0.1) is 0 Å². The van der Waals surface area contributed by atoms with Crippen LogP contribution in [0, 0.1) is 5.41 Å². The van der Waals surface area contributed by atoms with Gasteiger partial charge in [-0.25, -0.2) is 0 Å². The summed E-state index contributed by atoms with van der Waals surface area (Å²) in [5.41, 5.74) is 5.68. The van der Waals surface area contributed by atoms with Gasteiger partial charge in [-0.3, -0.25) is 4.79 Å². The molecular formula is C9H19NO2. The number of ether oxygens (including phenoxy) is 1. The first-order valence-electron chi connectivity index (χ1n) is 4.26. The Bertz CT molecular complexity index is 155. The van der Waals surface area contributed by atoms with Gasteiger partial charge in [0.2, 0.25) is 0 Å². The number of hydrogen-bond donors (Lipinski definition) is 1. The molecule has 2 N–H and O–H groups in total. The third kappa shape index (κ3) is 3.22. The fourth-order valence-corrected chi connectivity index (χ4v) is 1.13. The quantitative estimate of drug-likeness (QED) is 0.652. The zero-order valence-corrected chi connectivity index (χ0v) is 8.39. The van der Waals surface area contributed by atoms with Gasteiger partial charge in [0, 0.05) is 6.04 Å². The number of hydrogen-bond acceptors (Lipinski definition) is 3. The fraction of sp³-hybridized carbons (Fsp3) is 0.889. The highest BCUT2D eigenvalue weighted by Gasteiger charge is 2.28. The fourth-order valence-electron chi connectivity index (χ4n) is 1.13. The molecule has 0 radical (unpaired) electrons. The molecular weight excluding hydrogens is 154 g/mol. The van der Waals surface area contributed by atoms with Crippen molar-refractivity contribution in [1.29, 1.82) is 0 Å². The van der Waals surface area contributed by atoms with E-state index >= 15 is 0 Å². The van der Waals surface area contributed by atoms with Crippen LogP contribution >= 0.6 is 0 Å². The van der Waals surface area contributed by atoms with Gasteiger partial charge >= 0.3 is 5.97 Å². The van der Waals surface area contributed by atoms with Gasteiger partial charge in [0.15, 0.2) is 0 Å². The maximum absolute atomic E-state index is 11.0. The Labute approximate surface area is 74.3 Å². The van der Waals surface area contributed by atoms with E-state index in [0.29, 0.717) is 6.42 Å². The monoisotopic (exact) mass is 173 g/mol. The van der Waals surface area contributed by atoms with Crippen LogP contribution in [0.4, 0.5) is 0 Å². The van der Waals surface area contributed by atoms with Crippen molar-refractivity contribution in [1.82, 2.24) is 0 Å². The van der Waals surface area contributed by atoms with Crippen molar-refractivity contribution in [3.8, 4) is 0 Å². The maximum atomic E-state index is 11.0. The number of carbonyl (C=O) groups excluding carboxylic acids is 1. The Morgan fingerprint density at radius 3 is 2.42 bits per heavy atom. The molecule has 0 rings (SSSR count). The van der Waals surface area contributed by atoms with Gasteiger partial charge in [-0.05, 0) is 11.8 Å². The molecule has 0 heterocycles. The van der Waals surface area contributed by atoms with E-state index in [-0.39, 0.29) is 17.4 Å². The van der Waals surface area contributed by atoms with E-state index in [4.69, 9.17) is 5.73 Å². The summed E-state index contributed by atoms with van der Waals surface area (Å²) in [6, 6.07) is 0.0524. The van der Waals surface area contributed by atoms with Crippen LogP contribution in [-0.4, -0.2) is 19.1 Å². The molecule has 0 aromatic heterocycles. The molecule has 0 saturated carbocycles.